The Morgan fingerprint density at radius 1 is 1.19 bits per heavy atom. The van der Waals surface area contributed by atoms with E-state index in [2.05, 4.69) is 9.97 Å². The smallest absolute Gasteiger partial charge is 0.125 e. The van der Waals surface area contributed by atoms with E-state index in [1.807, 2.05) is 11.8 Å². The predicted molar refractivity (Wildman–Crippen MR) is 95.4 cm³/mol. The molecule has 0 aromatic carbocycles. The Bertz CT molecular complexity index is 516. The number of β-amino-alcohol motifs (C(OH)–C–C–N with tert-alkyl or cyclic N) is 1. The molecule has 1 aromatic rings. The van der Waals surface area contributed by atoms with Crippen molar-refractivity contribution in [3.63, 3.8) is 0 Å². The minimum atomic E-state index is -1.28. The molecule has 0 saturated carbocycles. The maximum Gasteiger partial charge on any atom is 0.125 e. The summed E-state index contributed by atoms with van der Waals surface area (Å²) < 4.78 is 5.56. The highest BCUT2D eigenvalue weighted by Crippen LogP contribution is 2.15. The zero-order chi connectivity index (χ0) is 18.9. The van der Waals surface area contributed by atoms with Crippen molar-refractivity contribution < 1.29 is 25.2 Å². The standard InChI is InChI=1S/C18H31N3O5/c1-13-19-8-14(9-20-13)10-21-6-4-2-3-5-7-26-18(16(24)12-22)17(25)15(23)11-21/h8-9,15-18,22-25H,2-7,10-12H2,1H3/t15-,16+,17+,18+/m0/s1. The number of aromatic nitrogens is 2. The van der Waals surface area contributed by atoms with Crippen molar-refractivity contribution in [2.75, 3.05) is 26.3 Å². The average Bonchev–Trinajstić information content (AvgIpc) is 2.63. The molecule has 26 heavy (non-hydrogen) atoms. The lowest BCUT2D eigenvalue weighted by Crippen LogP contribution is -2.51. The van der Waals surface area contributed by atoms with Crippen LogP contribution in [0.5, 0.6) is 0 Å². The largest absolute Gasteiger partial charge is 0.394 e. The minimum Gasteiger partial charge on any atom is -0.394 e. The second-order valence-corrected chi connectivity index (χ2v) is 6.93. The lowest BCUT2D eigenvalue weighted by molar-refractivity contribution is -0.147. The third kappa shape index (κ3) is 6.53. The van der Waals surface area contributed by atoms with Crippen molar-refractivity contribution in [1.29, 1.82) is 0 Å². The molecule has 1 aliphatic rings. The quantitative estimate of drug-likeness (QED) is 0.567. The molecule has 0 radical (unpaired) electrons. The van der Waals surface area contributed by atoms with Gasteiger partial charge >= 0.3 is 0 Å². The van der Waals surface area contributed by atoms with E-state index in [1.54, 1.807) is 12.4 Å². The molecule has 1 aliphatic heterocycles. The molecule has 1 saturated heterocycles. The van der Waals surface area contributed by atoms with Crippen LogP contribution < -0.4 is 0 Å². The highest BCUT2D eigenvalue weighted by Gasteiger charge is 2.33. The fourth-order valence-electron chi connectivity index (χ4n) is 3.14. The lowest BCUT2D eigenvalue weighted by atomic mass is 10.0. The van der Waals surface area contributed by atoms with Gasteiger partial charge in [-0.2, -0.15) is 0 Å². The first-order valence-corrected chi connectivity index (χ1v) is 9.27. The zero-order valence-corrected chi connectivity index (χ0v) is 15.4. The van der Waals surface area contributed by atoms with Crippen LogP contribution in [0.25, 0.3) is 0 Å². The molecule has 0 bridgehead atoms. The summed E-state index contributed by atoms with van der Waals surface area (Å²) in [5.41, 5.74) is 0.938. The molecule has 2 heterocycles. The van der Waals surface area contributed by atoms with Gasteiger partial charge in [0, 0.05) is 37.7 Å². The molecule has 4 atom stereocenters. The van der Waals surface area contributed by atoms with Crippen molar-refractivity contribution in [2.24, 2.45) is 0 Å². The number of aliphatic hydroxyl groups is 4. The summed E-state index contributed by atoms with van der Waals surface area (Å²) in [5, 5.41) is 40.0. The molecular weight excluding hydrogens is 338 g/mol. The Morgan fingerprint density at radius 2 is 1.88 bits per heavy atom. The van der Waals surface area contributed by atoms with E-state index in [0.717, 1.165) is 37.8 Å². The molecule has 4 N–H and O–H groups in total. The number of hydrogen-bond acceptors (Lipinski definition) is 8. The zero-order valence-electron chi connectivity index (χ0n) is 15.4. The fourth-order valence-corrected chi connectivity index (χ4v) is 3.14. The Balaban J connectivity index is 2.07. The molecule has 1 aromatic heterocycles. The summed E-state index contributed by atoms with van der Waals surface area (Å²) in [4.78, 5) is 10.4. The summed E-state index contributed by atoms with van der Waals surface area (Å²) in [6.45, 7) is 3.26. The van der Waals surface area contributed by atoms with E-state index in [0.29, 0.717) is 19.0 Å². The van der Waals surface area contributed by atoms with Gasteiger partial charge in [0.1, 0.15) is 24.1 Å². The van der Waals surface area contributed by atoms with E-state index in [4.69, 9.17) is 4.74 Å². The molecular formula is C18H31N3O5. The van der Waals surface area contributed by atoms with Gasteiger partial charge in [0.05, 0.1) is 12.7 Å². The Morgan fingerprint density at radius 3 is 2.58 bits per heavy atom. The molecule has 8 heteroatoms. The van der Waals surface area contributed by atoms with E-state index < -0.39 is 31.0 Å². The van der Waals surface area contributed by atoms with Crippen LogP contribution in [0.4, 0.5) is 0 Å². The molecule has 1 fully saturated rings. The SMILES string of the molecule is Cc1ncc(CN2CCCCCCO[C@H]([C@H](O)CO)[C@H](O)[C@@H](O)C2)cn1. The summed E-state index contributed by atoms with van der Waals surface area (Å²) in [5.74, 6) is 0.705. The van der Waals surface area contributed by atoms with Crippen molar-refractivity contribution >= 4 is 0 Å². The van der Waals surface area contributed by atoms with Gasteiger partial charge in [0.25, 0.3) is 0 Å². The van der Waals surface area contributed by atoms with Crippen LogP contribution >= 0.6 is 0 Å². The summed E-state index contributed by atoms with van der Waals surface area (Å²) in [6, 6.07) is 0. The first kappa shape index (κ1) is 21.1. The van der Waals surface area contributed by atoms with E-state index >= 15 is 0 Å². The number of aliphatic hydroxyl groups excluding tert-OH is 4. The van der Waals surface area contributed by atoms with Crippen LogP contribution in [0.2, 0.25) is 0 Å². The first-order valence-electron chi connectivity index (χ1n) is 9.27. The van der Waals surface area contributed by atoms with Gasteiger partial charge in [-0.3, -0.25) is 4.90 Å². The molecule has 0 unspecified atom stereocenters. The van der Waals surface area contributed by atoms with Gasteiger partial charge in [0.15, 0.2) is 0 Å². The number of rotatable bonds is 4. The molecule has 0 spiro atoms. The van der Waals surface area contributed by atoms with Crippen LogP contribution in [0.3, 0.4) is 0 Å². The maximum atomic E-state index is 10.5. The third-order valence-electron chi connectivity index (χ3n) is 4.66. The van der Waals surface area contributed by atoms with Gasteiger partial charge in [0.2, 0.25) is 0 Å². The highest BCUT2D eigenvalue weighted by atomic mass is 16.5. The van der Waals surface area contributed by atoms with Crippen LogP contribution in [0, 0.1) is 6.92 Å². The predicted octanol–water partition coefficient (Wildman–Crippen LogP) is -0.379. The number of ether oxygens (including phenoxy) is 1. The summed E-state index contributed by atoms with van der Waals surface area (Å²) in [7, 11) is 0. The molecule has 2 rings (SSSR count). The van der Waals surface area contributed by atoms with E-state index in [1.165, 1.54) is 0 Å². The normalized spacial score (nSPS) is 28.1. The number of aryl methyl sites for hydroxylation is 1. The second kappa shape index (κ2) is 10.9. The average molecular weight is 369 g/mol. The number of nitrogens with zero attached hydrogens (tertiary/aromatic N) is 3. The van der Waals surface area contributed by atoms with Crippen LogP contribution in [-0.4, -0.2) is 86.0 Å². The first-order chi connectivity index (χ1) is 12.5. The Hall–Kier alpha value is -1.16. The summed E-state index contributed by atoms with van der Waals surface area (Å²) >= 11 is 0. The van der Waals surface area contributed by atoms with Gasteiger partial charge in [-0.1, -0.05) is 12.8 Å². The summed E-state index contributed by atoms with van der Waals surface area (Å²) in [6.07, 6.45) is 2.71. The topological polar surface area (TPSA) is 119 Å². The monoisotopic (exact) mass is 369 g/mol. The van der Waals surface area contributed by atoms with Crippen LogP contribution in [0.15, 0.2) is 12.4 Å². The Labute approximate surface area is 154 Å². The molecule has 8 nitrogen and oxygen atoms in total. The van der Waals surface area contributed by atoms with Crippen molar-refractivity contribution in [3.05, 3.63) is 23.8 Å². The molecule has 0 amide bonds. The molecule has 0 aliphatic carbocycles. The Kier molecular flexibility index (Phi) is 8.83. The maximum absolute atomic E-state index is 10.5. The minimum absolute atomic E-state index is 0.229. The van der Waals surface area contributed by atoms with Crippen molar-refractivity contribution in [2.45, 2.75) is 63.6 Å². The van der Waals surface area contributed by atoms with Gasteiger partial charge in [-0.05, 0) is 26.3 Å². The second-order valence-electron chi connectivity index (χ2n) is 6.93. The van der Waals surface area contributed by atoms with E-state index in [9.17, 15) is 20.4 Å². The lowest BCUT2D eigenvalue weighted by Gasteiger charge is -2.33. The van der Waals surface area contributed by atoms with Crippen molar-refractivity contribution in [3.8, 4) is 0 Å². The van der Waals surface area contributed by atoms with Gasteiger partial charge in [-0.15, -0.1) is 0 Å². The van der Waals surface area contributed by atoms with Crippen LogP contribution in [-0.2, 0) is 11.3 Å². The van der Waals surface area contributed by atoms with Crippen molar-refractivity contribution in [1.82, 2.24) is 14.9 Å². The fraction of sp³-hybridized carbons (Fsp3) is 0.778. The number of hydrogen-bond donors (Lipinski definition) is 4. The van der Waals surface area contributed by atoms with Gasteiger partial charge < -0.3 is 25.2 Å². The highest BCUT2D eigenvalue weighted by molar-refractivity contribution is 5.04. The third-order valence-corrected chi connectivity index (χ3v) is 4.66. The van der Waals surface area contributed by atoms with E-state index in [-0.39, 0.29) is 6.54 Å². The molecule has 148 valence electrons. The van der Waals surface area contributed by atoms with Crippen LogP contribution in [0.1, 0.15) is 37.1 Å². The van der Waals surface area contributed by atoms with Gasteiger partial charge in [-0.25, -0.2) is 9.97 Å².